The second-order valence-electron chi connectivity index (χ2n) is 5.95. The molecule has 2 rings (SSSR count). The first-order valence-corrected chi connectivity index (χ1v) is 7.83. The van der Waals surface area contributed by atoms with Crippen LogP contribution in [-0.4, -0.2) is 57.6 Å². The number of alkyl halides is 3. The molecule has 0 aromatic heterocycles. The molecule has 1 aliphatic heterocycles. The van der Waals surface area contributed by atoms with Gasteiger partial charge in [0.05, 0.1) is 17.6 Å². The Morgan fingerprint density at radius 1 is 1.46 bits per heavy atom. The van der Waals surface area contributed by atoms with Crippen LogP contribution in [0.5, 0.6) is 5.75 Å². The summed E-state index contributed by atoms with van der Waals surface area (Å²) in [5.41, 5.74) is -5.12. The lowest BCUT2D eigenvalue weighted by molar-refractivity contribution is -0.386. The van der Waals surface area contributed by atoms with Crippen molar-refractivity contribution in [1.29, 1.82) is 0 Å². The Morgan fingerprint density at radius 2 is 2.07 bits per heavy atom. The van der Waals surface area contributed by atoms with Crippen LogP contribution in [0.15, 0.2) is 18.2 Å². The lowest BCUT2D eigenvalue weighted by atomic mass is 9.81. The fraction of sp³-hybridized carbons (Fsp3) is 0.467. The molecule has 1 aliphatic rings. The Morgan fingerprint density at radius 3 is 2.57 bits per heavy atom. The first-order valence-electron chi connectivity index (χ1n) is 7.83. The van der Waals surface area contributed by atoms with Crippen molar-refractivity contribution in [2.24, 2.45) is 5.92 Å². The number of hydrogen-bond acceptors (Lipinski definition) is 7. The van der Waals surface area contributed by atoms with Crippen molar-refractivity contribution in [2.45, 2.75) is 24.9 Å². The van der Waals surface area contributed by atoms with E-state index in [0.717, 1.165) is 12.1 Å². The highest BCUT2D eigenvalue weighted by molar-refractivity contribution is 5.83. The third kappa shape index (κ3) is 3.28. The molecule has 1 fully saturated rings. The maximum Gasteiger partial charge on any atom is 0.437 e. The molecular formula is C15H16F3N3O7. The Hall–Kier alpha value is -3.09. The number of ether oxygens (including phenoxy) is 1. The monoisotopic (exact) mass is 407 g/mol. The van der Waals surface area contributed by atoms with Gasteiger partial charge in [0, 0.05) is 13.1 Å². The van der Waals surface area contributed by atoms with Crippen molar-refractivity contribution >= 4 is 17.7 Å². The number of amides is 2. The number of esters is 1. The highest BCUT2D eigenvalue weighted by Crippen LogP contribution is 2.47. The van der Waals surface area contributed by atoms with Crippen LogP contribution in [0.1, 0.15) is 18.5 Å². The van der Waals surface area contributed by atoms with Crippen LogP contribution < -0.4 is 5.32 Å². The molecule has 154 valence electrons. The Labute approximate surface area is 155 Å². The van der Waals surface area contributed by atoms with E-state index in [-0.39, 0.29) is 17.1 Å². The molecule has 0 unspecified atom stereocenters. The molecule has 13 heteroatoms. The maximum atomic E-state index is 13.7. The van der Waals surface area contributed by atoms with Crippen LogP contribution in [0, 0.1) is 16.0 Å². The molecule has 28 heavy (non-hydrogen) atoms. The average molecular weight is 407 g/mol. The SMILES string of the molecule is CCOC(=O)[C@@H]1[C@H](c2ccc(O)c([N+](=O)[O-])c2)NC(=O)N(C)[C@@]1(O)C(F)(F)F. The number of phenolic OH excluding ortho intramolecular Hbond substituents is 1. The van der Waals surface area contributed by atoms with Crippen molar-refractivity contribution in [1.82, 2.24) is 10.2 Å². The predicted molar refractivity (Wildman–Crippen MR) is 84.9 cm³/mol. The molecule has 1 aromatic carbocycles. The number of urea groups is 1. The first-order chi connectivity index (χ1) is 12.9. The first kappa shape index (κ1) is 21.2. The van der Waals surface area contributed by atoms with E-state index in [1.54, 1.807) is 0 Å². The molecule has 0 bridgehead atoms. The third-order valence-electron chi connectivity index (χ3n) is 4.37. The number of rotatable bonds is 4. The quantitative estimate of drug-likeness (QED) is 0.389. The summed E-state index contributed by atoms with van der Waals surface area (Å²) in [6, 6.07) is -0.682. The second-order valence-corrected chi connectivity index (χ2v) is 5.95. The van der Waals surface area contributed by atoms with E-state index in [1.807, 2.05) is 0 Å². The highest BCUT2D eigenvalue weighted by Gasteiger charge is 2.69. The molecule has 10 nitrogen and oxygen atoms in total. The maximum absolute atomic E-state index is 13.7. The number of nitro benzene ring substituents is 1. The zero-order valence-electron chi connectivity index (χ0n) is 14.6. The van der Waals surface area contributed by atoms with Crippen molar-refractivity contribution < 1.29 is 42.6 Å². The number of aromatic hydroxyl groups is 1. The zero-order chi connectivity index (χ0) is 21.4. The fourth-order valence-corrected chi connectivity index (χ4v) is 2.96. The molecule has 0 saturated carbocycles. The van der Waals surface area contributed by atoms with Gasteiger partial charge in [0.1, 0.15) is 5.92 Å². The number of aliphatic hydroxyl groups is 1. The summed E-state index contributed by atoms with van der Waals surface area (Å²) < 4.78 is 45.8. The number of hydrogen-bond donors (Lipinski definition) is 3. The average Bonchev–Trinajstić information content (AvgIpc) is 2.58. The van der Waals surface area contributed by atoms with E-state index >= 15 is 0 Å². The molecule has 3 N–H and O–H groups in total. The van der Waals surface area contributed by atoms with E-state index in [2.05, 4.69) is 10.1 Å². The van der Waals surface area contributed by atoms with Crippen LogP contribution in [-0.2, 0) is 9.53 Å². The van der Waals surface area contributed by atoms with Crippen LogP contribution in [0.25, 0.3) is 0 Å². The lowest BCUT2D eigenvalue weighted by Crippen LogP contribution is -2.73. The number of nitrogens with zero attached hydrogens (tertiary/aromatic N) is 2. The van der Waals surface area contributed by atoms with Gasteiger partial charge in [-0.25, -0.2) is 4.79 Å². The molecule has 3 atom stereocenters. The van der Waals surface area contributed by atoms with Crippen LogP contribution in [0.2, 0.25) is 0 Å². The highest BCUT2D eigenvalue weighted by atomic mass is 19.4. The summed E-state index contributed by atoms with van der Waals surface area (Å²) in [6.07, 6.45) is -5.46. The molecule has 0 aliphatic carbocycles. The van der Waals surface area contributed by atoms with Gasteiger partial charge in [-0.05, 0) is 18.6 Å². The van der Waals surface area contributed by atoms with Gasteiger partial charge in [-0.2, -0.15) is 13.2 Å². The van der Waals surface area contributed by atoms with Crippen molar-refractivity contribution in [2.75, 3.05) is 13.7 Å². The van der Waals surface area contributed by atoms with E-state index in [0.29, 0.717) is 13.1 Å². The summed E-state index contributed by atoms with van der Waals surface area (Å²) in [5.74, 6) is -4.65. The van der Waals surface area contributed by atoms with Gasteiger partial charge in [-0.1, -0.05) is 6.07 Å². The number of benzene rings is 1. The van der Waals surface area contributed by atoms with Gasteiger partial charge >= 0.3 is 23.9 Å². The van der Waals surface area contributed by atoms with Gasteiger partial charge in [-0.3, -0.25) is 19.8 Å². The zero-order valence-corrected chi connectivity index (χ0v) is 14.6. The van der Waals surface area contributed by atoms with Gasteiger partial charge < -0.3 is 20.3 Å². The second kappa shape index (κ2) is 7.14. The minimum absolute atomic E-state index is 0.0834. The van der Waals surface area contributed by atoms with Gasteiger partial charge in [0.25, 0.3) is 5.72 Å². The molecular weight excluding hydrogens is 391 g/mol. The van der Waals surface area contributed by atoms with Gasteiger partial charge in [0.15, 0.2) is 5.75 Å². The smallest absolute Gasteiger partial charge is 0.437 e. The van der Waals surface area contributed by atoms with Crippen LogP contribution >= 0.6 is 0 Å². The number of carbonyl (C=O) groups is 2. The fourth-order valence-electron chi connectivity index (χ4n) is 2.96. The van der Waals surface area contributed by atoms with Crippen LogP contribution in [0.3, 0.4) is 0 Å². The van der Waals surface area contributed by atoms with E-state index in [9.17, 15) is 43.1 Å². The Bertz CT molecular complexity index is 817. The predicted octanol–water partition coefficient (Wildman–Crippen LogP) is 1.43. The summed E-state index contributed by atoms with van der Waals surface area (Å²) in [7, 11) is 0.643. The molecule has 0 radical (unpaired) electrons. The summed E-state index contributed by atoms with van der Waals surface area (Å²) in [4.78, 5) is 34.3. The van der Waals surface area contributed by atoms with E-state index in [4.69, 9.17) is 0 Å². The molecule has 2 amide bonds. The number of phenols is 1. The number of halogens is 3. The summed E-state index contributed by atoms with van der Waals surface area (Å²) in [5, 5.41) is 33.1. The molecule has 1 saturated heterocycles. The Balaban J connectivity index is 2.70. The lowest BCUT2D eigenvalue weighted by Gasteiger charge is -2.49. The van der Waals surface area contributed by atoms with Gasteiger partial charge in [-0.15, -0.1) is 0 Å². The number of carbonyl (C=O) groups excluding carboxylic acids is 2. The number of nitro groups is 1. The molecule has 0 spiro atoms. The van der Waals surface area contributed by atoms with E-state index in [1.165, 1.54) is 6.92 Å². The van der Waals surface area contributed by atoms with Gasteiger partial charge in [0.2, 0.25) is 0 Å². The largest absolute Gasteiger partial charge is 0.502 e. The normalized spacial score (nSPS) is 25.2. The van der Waals surface area contributed by atoms with Crippen molar-refractivity contribution in [3.8, 4) is 5.75 Å². The molecule has 1 aromatic rings. The van der Waals surface area contributed by atoms with Crippen molar-refractivity contribution in [3.05, 3.63) is 33.9 Å². The summed E-state index contributed by atoms with van der Waals surface area (Å²) >= 11 is 0. The minimum atomic E-state index is -5.46. The summed E-state index contributed by atoms with van der Waals surface area (Å²) in [6.45, 7) is 1.01. The van der Waals surface area contributed by atoms with Crippen LogP contribution in [0.4, 0.5) is 23.7 Å². The standard InChI is InChI=1S/C15H16F3N3O7/c1-3-28-12(23)10-11(7-4-5-9(22)8(6-7)21(26)27)19-13(24)20(2)14(10,25)15(16,17)18/h4-6,10-11,22,25H,3H2,1-2H3,(H,19,24)/t10-,11-,14-/m0/s1. The molecule has 1 heterocycles. The minimum Gasteiger partial charge on any atom is -0.502 e. The van der Waals surface area contributed by atoms with E-state index < -0.39 is 52.2 Å². The van der Waals surface area contributed by atoms with Crippen molar-refractivity contribution in [3.63, 3.8) is 0 Å². The number of nitrogens with one attached hydrogen (secondary N) is 1. The third-order valence-corrected chi connectivity index (χ3v) is 4.37. The topological polar surface area (TPSA) is 142 Å². The Kier molecular flexibility index (Phi) is 5.41.